The Hall–Kier alpha value is -0.810. The fraction of sp³-hybridized carbons (Fsp3) is 0.556. The van der Waals surface area contributed by atoms with Gasteiger partial charge < -0.3 is 5.32 Å². The Bertz CT molecular complexity index is 291. The van der Waals surface area contributed by atoms with Gasteiger partial charge in [-0.2, -0.15) is 0 Å². The van der Waals surface area contributed by atoms with Gasteiger partial charge in [-0.3, -0.25) is 14.2 Å². The van der Waals surface area contributed by atoms with Gasteiger partial charge in [0.05, 0.1) is 5.69 Å². The van der Waals surface area contributed by atoms with Crippen LogP contribution in [0.15, 0.2) is 18.6 Å². The van der Waals surface area contributed by atoms with Gasteiger partial charge in [0.25, 0.3) is 0 Å². The molecule has 0 radical (unpaired) electrons. The Morgan fingerprint density at radius 1 is 1.57 bits per heavy atom. The summed E-state index contributed by atoms with van der Waals surface area (Å²) in [6.07, 6.45) is 6.76. The highest BCUT2D eigenvalue weighted by atomic mass is 32.2. The van der Waals surface area contributed by atoms with E-state index in [1.165, 1.54) is 0 Å². The fourth-order valence-electron chi connectivity index (χ4n) is 1.06. The molecule has 14 heavy (non-hydrogen) atoms. The van der Waals surface area contributed by atoms with Gasteiger partial charge >= 0.3 is 0 Å². The van der Waals surface area contributed by atoms with Gasteiger partial charge in [-0.15, -0.1) is 0 Å². The predicted octanol–water partition coefficient (Wildman–Crippen LogP) is 0.506. The second-order valence-electron chi connectivity index (χ2n) is 3.08. The lowest BCUT2D eigenvalue weighted by Crippen LogP contribution is -2.24. The lowest BCUT2D eigenvalue weighted by Gasteiger charge is -2.11. The zero-order valence-electron chi connectivity index (χ0n) is 8.43. The van der Waals surface area contributed by atoms with E-state index in [1.54, 1.807) is 24.8 Å². The molecule has 0 saturated heterocycles. The first kappa shape index (κ1) is 11.3. The van der Waals surface area contributed by atoms with Gasteiger partial charge in [0.1, 0.15) is 0 Å². The Kier molecular flexibility index (Phi) is 4.69. The summed E-state index contributed by atoms with van der Waals surface area (Å²) in [4.78, 5) is 8.16. The number of hydrogen-bond acceptors (Lipinski definition) is 4. The minimum absolute atomic E-state index is 0.159. The molecule has 2 unspecified atom stereocenters. The highest BCUT2D eigenvalue weighted by Gasteiger charge is 2.05. The van der Waals surface area contributed by atoms with Crippen LogP contribution in [-0.2, 0) is 10.8 Å². The number of nitrogens with zero attached hydrogens (tertiary/aromatic N) is 2. The summed E-state index contributed by atoms with van der Waals surface area (Å²) < 4.78 is 10.8. The van der Waals surface area contributed by atoms with Gasteiger partial charge in [0.15, 0.2) is 0 Å². The first-order chi connectivity index (χ1) is 6.70. The van der Waals surface area contributed by atoms with E-state index in [0.717, 1.165) is 12.2 Å². The third kappa shape index (κ3) is 3.93. The van der Waals surface area contributed by atoms with Crippen molar-refractivity contribution in [3.63, 3.8) is 0 Å². The van der Waals surface area contributed by atoms with Crippen molar-refractivity contribution in [2.24, 2.45) is 0 Å². The summed E-state index contributed by atoms with van der Waals surface area (Å²) in [6.45, 7) is 2.75. The van der Waals surface area contributed by atoms with Crippen molar-refractivity contribution < 1.29 is 4.21 Å². The van der Waals surface area contributed by atoms with E-state index in [4.69, 9.17) is 0 Å². The van der Waals surface area contributed by atoms with Crippen LogP contribution in [0.1, 0.15) is 18.7 Å². The molecule has 2 atom stereocenters. The van der Waals surface area contributed by atoms with E-state index >= 15 is 0 Å². The SMILES string of the molecule is CC(NCCS(C)=O)c1cnccn1. The van der Waals surface area contributed by atoms with E-state index in [2.05, 4.69) is 15.3 Å². The van der Waals surface area contributed by atoms with Crippen LogP contribution < -0.4 is 5.32 Å². The zero-order chi connectivity index (χ0) is 10.4. The Morgan fingerprint density at radius 2 is 2.36 bits per heavy atom. The van der Waals surface area contributed by atoms with Crippen molar-refractivity contribution in [3.8, 4) is 0 Å². The normalized spacial score (nSPS) is 15.0. The molecule has 0 aromatic carbocycles. The van der Waals surface area contributed by atoms with Crippen LogP contribution in [0.3, 0.4) is 0 Å². The summed E-state index contributed by atoms with van der Waals surface area (Å²) in [6, 6.07) is 0.159. The Morgan fingerprint density at radius 3 is 2.93 bits per heavy atom. The predicted molar refractivity (Wildman–Crippen MR) is 57.4 cm³/mol. The van der Waals surface area contributed by atoms with Crippen molar-refractivity contribution in [2.45, 2.75) is 13.0 Å². The maximum absolute atomic E-state index is 10.8. The van der Waals surface area contributed by atoms with Crippen molar-refractivity contribution in [3.05, 3.63) is 24.3 Å². The lowest BCUT2D eigenvalue weighted by molar-refractivity contribution is 0.580. The molecule has 1 heterocycles. The second-order valence-corrected chi connectivity index (χ2v) is 4.64. The third-order valence-corrected chi connectivity index (χ3v) is 2.65. The Balaban J connectivity index is 2.36. The van der Waals surface area contributed by atoms with Crippen molar-refractivity contribution in [1.82, 2.24) is 15.3 Å². The van der Waals surface area contributed by atoms with Gasteiger partial charge in [-0.25, -0.2) is 0 Å². The number of hydrogen-bond donors (Lipinski definition) is 1. The fourth-order valence-corrected chi connectivity index (χ4v) is 1.46. The van der Waals surface area contributed by atoms with Crippen LogP contribution >= 0.6 is 0 Å². The molecule has 78 valence electrons. The first-order valence-corrected chi connectivity index (χ1v) is 6.22. The monoisotopic (exact) mass is 213 g/mol. The van der Waals surface area contributed by atoms with Crippen LogP contribution in [0, 0.1) is 0 Å². The molecule has 1 aromatic rings. The van der Waals surface area contributed by atoms with Gasteiger partial charge in [0.2, 0.25) is 0 Å². The Labute approximate surface area is 86.6 Å². The molecular weight excluding hydrogens is 198 g/mol. The first-order valence-electron chi connectivity index (χ1n) is 4.49. The number of aromatic nitrogens is 2. The van der Waals surface area contributed by atoms with Crippen molar-refractivity contribution in [2.75, 3.05) is 18.6 Å². The van der Waals surface area contributed by atoms with Crippen LogP contribution in [0.5, 0.6) is 0 Å². The largest absolute Gasteiger partial charge is 0.308 e. The summed E-state index contributed by atoms with van der Waals surface area (Å²) in [7, 11) is -0.737. The molecular formula is C9H15N3OS. The van der Waals surface area contributed by atoms with E-state index in [-0.39, 0.29) is 6.04 Å². The highest BCUT2D eigenvalue weighted by molar-refractivity contribution is 7.84. The molecule has 0 amide bonds. The summed E-state index contributed by atoms with van der Waals surface area (Å²) >= 11 is 0. The molecule has 0 aliphatic carbocycles. The molecule has 0 aliphatic rings. The van der Waals surface area contributed by atoms with Gasteiger partial charge in [-0.05, 0) is 6.92 Å². The lowest BCUT2D eigenvalue weighted by atomic mass is 10.2. The molecule has 0 fully saturated rings. The van der Waals surface area contributed by atoms with E-state index in [1.807, 2.05) is 6.92 Å². The molecule has 1 N–H and O–H groups in total. The molecule has 0 aliphatic heterocycles. The van der Waals surface area contributed by atoms with Crippen molar-refractivity contribution in [1.29, 1.82) is 0 Å². The van der Waals surface area contributed by atoms with Gasteiger partial charge in [-0.1, -0.05) is 0 Å². The minimum Gasteiger partial charge on any atom is -0.308 e. The minimum atomic E-state index is -0.737. The standard InChI is InChI=1S/C9H15N3OS/c1-8(11-5-6-14(2)13)9-7-10-3-4-12-9/h3-4,7-8,11H,5-6H2,1-2H3. The average Bonchev–Trinajstić information content (AvgIpc) is 2.18. The van der Waals surface area contributed by atoms with Crippen molar-refractivity contribution >= 4 is 10.8 Å². The molecule has 0 spiro atoms. The van der Waals surface area contributed by atoms with E-state index in [9.17, 15) is 4.21 Å². The zero-order valence-corrected chi connectivity index (χ0v) is 9.25. The van der Waals surface area contributed by atoms with E-state index < -0.39 is 10.8 Å². The van der Waals surface area contributed by atoms with Crippen LogP contribution in [0.4, 0.5) is 0 Å². The number of nitrogens with one attached hydrogen (secondary N) is 1. The summed E-state index contributed by atoms with van der Waals surface area (Å²) in [5.41, 5.74) is 0.911. The third-order valence-electron chi connectivity index (χ3n) is 1.87. The van der Waals surface area contributed by atoms with E-state index in [0.29, 0.717) is 5.75 Å². The molecule has 5 heteroatoms. The maximum atomic E-state index is 10.8. The second kappa shape index (κ2) is 5.82. The molecule has 1 rings (SSSR count). The maximum Gasteiger partial charge on any atom is 0.0753 e. The summed E-state index contributed by atoms with van der Waals surface area (Å²) in [5, 5.41) is 3.23. The van der Waals surface area contributed by atoms with Crippen LogP contribution in [0.2, 0.25) is 0 Å². The summed E-state index contributed by atoms with van der Waals surface area (Å²) in [5.74, 6) is 0.671. The number of rotatable bonds is 5. The van der Waals surface area contributed by atoms with Crippen LogP contribution in [0.25, 0.3) is 0 Å². The van der Waals surface area contributed by atoms with Gasteiger partial charge in [0, 0.05) is 54.0 Å². The smallest absolute Gasteiger partial charge is 0.0753 e. The quantitative estimate of drug-likeness (QED) is 0.774. The average molecular weight is 213 g/mol. The molecule has 1 aromatic heterocycles. The molecule has 0 saturated carbocycles. The molecule has 0 bridgehead atoms. The van der Waals surface area contributed by atoms with Crippen LogP contribution in [-0.4, -0.2) is 32.7 Å². The topological polar surface area (TPSA) is 54.9 Å². The molecule has 4 nitrogen and oxygen atoms in total. The highest BCUT2D eigenvalue weighted by Crippen LogP contribution is 2.05.